The first-order valence-corrected chi connectivity index (χ1v) is 5.32. The number of allylic oxidation sites excluding steroid dienone is 1. The van der Waals surface area contributed by atoms with Gasteiger partial charge in [-0.3, -0.25) is 0 Å². The summed E-state index contributed by atoms with van der Waals surface area (Å²) in [5.41, 5.74) is 1.10. The van der Waals surface area contributed by atoms with Crippen LogP contribution in [0.5, 0.6) is 5.75 Å². The van der Waals surface area contributed by atoms with Gasteiger partial charge in [-0.05, 0) is 42.4 Å². The molecule has 2 nitrogen and oxygen atoms in total. The molecule has 15 heavy (non-hydrogen) atoms. The molecule has 0 aromatic heterocycles. The van der Waals surface area contributed by atoms with Crippen LogP contribution >= 0.6 is 0 Å². The van der Waals surface area contributed by atoms with Crippen LogP contribution < -0.4 is 0 Å². The van der Waals surface area contributed by atoms with Crippen LogP contribution in [-0.4, -0.2) is 10.2 Å². The molecule has 2 rings (SSSR count). The molecule has 0 saturated heterocycles. The lowest BCUT2D eigenvalue weighted by Gasteiger charge is -2.16. The molecule has 2 heteroatoms. The van der Waals surface area contributed by atoms with Gasteiger partial charge in [-0.25, -0.2) is 0 Å². The smallest absolute Gasteiger partial charge is 0.115 e. The zero-order chi connectivity index (χ0) is 10.8. The van der Waals surface area contributed by atoms with Gasteiger partial charge in [0.1, 0.15) is 5.75 Å². The topological polar surface area (TPSA) is 40.5 Å². The third-order valence-electron chi connectivity index (χ3n) is 2.94. The van der Waals surface area contributed by atoms with Gasteiger partial charge in [0, 0.05) is 6.42 Å². The van der Waals surface area contributed by atoms with Crippen molar-refractivity contribution in [2.24, 2.45) is 5.92 Å². The summed E-state index contributed by atoms with van der Waals surface area (Å²) in [5, 5.41) is 18.7. The average Bonchev–Trinajstić information content (AvgIpc) is 2.97. The summed E-state index contributed by atoms with van der Waals surface area (Å²) in [6.07, 6.45) is 3.04. The van der Waals surface area contributed by atoms with E-state index in [4.69, 9.17) is 0 Å². The molecule has 1 unspecified atom stereocenters. The predicted molar refractivity (Wildman–Crippen MR) is 60.0 cm³/mol. The van der Waals surface area contributed by atoms with Crippen LogP contribution in [0.4, 0.5) is 0 Å². The average molecular weight is 204 g/mol. The molecule has 0 heterocycles. The van der Waals surface area contributed by atoms with E-state index in [0.717, 1.165) is 5.56 Å². The number of phenolic OH excluding ortho intramolecular Hbond substituents is 1. The second-order valence-electron chi connectivity index (χ2n) is 4.31. The summed E-state index contributed by atoms with van der Waals surface area (Å²) in [6, 6.07) is 7.30. The Labute approximate surface area is 89.9 Å². The Bertz CT molecular complexity index is 367. The Hall–Kier alpha value is -1.44. The Morgan fingerprint density at radius 1 is 1.47 bits per heavy atom. The van der Waals surface area contributed by atoms with Gasteiger partial charge < -0.3 is 10.2 Å². The Kier molecular flexibility index (Phi) is 2.67. The van der Waals surface area contributed by atoms with Crippen LogP contribution in [0.25, 0.3) is 0 Å². The quantitative estimate of drug-likeness (QED) is 0.738. The molecule has 2 N–H and O–H groups in total. The highest BCUT2D eigenvalue weighted by Gasteiger charge is 2.32. The van der Waals surface area contributed by atoms with E-state index in [1.54, 1.807) is 12.1 Å². The van der Waals surface area contributed by atoms with Gasteiger partial charge in [0.05, 0.1) is 5.76 Å². The van der Waals surface area contributed by atoms with Gasteiger partial charge in [-0.1, -0.05) is 18.7 Å². The highest BCUT2D eigenvalue weighted by molar-refractivity contribution is 5.31. The Morgan fingerprint density at radius 3 is 2.73 bits per heavy atom. The summed E-state index contributed by atoms with van der Waals surface area (Å²) in [4.78, 5) is 0. The number of hydrogen-bond acceptors (Lipinski definition) is 2. The molecular weight excluding hydrogens is 188 g/mol. The van der Waals surface area contributed by atoms with E-state index in [1.807, 2.05) is 12.1 Å². The van der Waals surface area contributed by atoms with Crippen LogP contribution in [0.1, 0.15) is 30.7 Å². The maximum atomic E-state index is 9.41. The molecule has 1 saturated carbocycles. The zero-order valence-electron chi connectivity index (χ0n) is 8.69. The van der Waals surface area contributed by atoms with E-state index < -0.39 is 0 Å². The molecule has 1 aromatic carbocycles. The van der Waals surface area contributed by atoms with Crippen LogP contribution in [0, 0.1) is 5.92 Å². The van der Waals surface area contributed by atoms with Crippen molar-refractivity contribution in [3.8, 4) is 5.75 Å². The number of rotatable bonds is 4. The third kappa shape index (κ3) is 2.52. The number of aliphatic hydroxyl groups is 1. The second-order valence-corrected chi connectivity index (χ2v) is 4.31. The fourth-order valence-electron chi connectivity index (χ4n) is 2.06. The molecule has 1 aromatic rings. The molecular formula is C13H16O2. The standard InChI is InChI=1S/C13H16O2/c1-9(14)7-13(10-5-6-10)11-3-2-4-12(15)8-11/h2-4,8,10,13-15H,1,5-7H2. The van der Waals surface area contributed by atoms with E-state index >= 15 is 0 Å². The van der Waals surface area contributed by atoms with Gasteiger partial charge >= 0.3 is 0 Å². The second kappa shape index (κ2) is 3.97. The lowest BCUT2D eigenvalue weighted by molar-refractivity contribution is 0.367. The molecule has 1 aliphatic rings. The van der Waals surface area contributed by atoms with Gasteiger partial charge in [0.15, 0.2) is 0 Å². The molecule has 0 bridgehead atoms. The normalized spacial score (nSPS) is 17.3. The first kappa shape index (κ1) is 10.1. The summed E-state index contributed by atoms with van der Waals surface area (Å²) in [5.74, 6) is 1.49. The highest BCUT2D eigenvalue weighted by atomic mass is 16.3. The van der Waals surface area contributed by atoms with Crippen molar-refractivity contribution in [1.29, 1.82) is 0 Å². The van der Waals surface area contributed by atoms with Crippen molar-refractivity contribution >= 4 is 0 Å². The van der Waals surface area contributed by atoms with Crippen molar-refractivity contribution in [2.45, 2.75) is 25.2 Å². The Balaban J connectivity index is 2.19. The number of hydrogen-bond donors (Lipinski definition) is 2. The predicted octanol–water partition coefficient (Wildman–Crippen LogP) is 3.35. The fourth-order valence-corrected chi connectivity index (χ4v) is 2.06. The highest BCUT2D eigenvalue weighted by Crippen LogP contribution is 2.45. The number of phenols is 1. The molecule has 0 aliphatic heterocycles. The van der Waals surface area contributed by atoms with Gasteiger partial charge in [0.25, 0.3) is 0 Å². The molecule has 1 atom stereocenters. The van der Waals surface area contributed by atoms with Crippen LogP contribution in [0.15, 0.2) is 36.6 Å². The molecule has 0 amide bonds. The summed E-state index contributed by atoms with van der Waals surface area (Å²) >= 11 is 0. The number of aromatic hydroxyl groups is 1. The maximum absolute atomic E-state index is 9.41. The lowest BCUT2D eigenvalue weighted by Crippen LogP contribution is -2.02. The van der Waals surface area contributed by atoms with Crippen molar-refractivity contribution in [3.63, 3.8) is 0 Å². The van der Waals surface area contributed by atoms with Crippen molar-refractivity contribution < 1.29 is 10.2 Å². The minimum Gasteiger partial charge on any atom is -0.513 e. The largest absolute Gasteiger partial charge is 0.513 e. The van der Waals surface area contributed by atoms with Crippen LogP contribution in [0.2, 0.25) is 0 Å². The van der Waals surface area contributed by atoms with Gasteiger partial charge in [0.2, 0.25) is 0 Å². The molecule has 0 radical (unpaired) electrons. The summed E-state index contributed by atoms with van der Waals surface area (Å²) < 4.78 is 0. The van der Waals surface area contributed by atoms with E-state index in [0.29, 0.717) is 24.0 Å². The third-order valence-corrected chi connectivity index (χ3v) is 2.94. The van der Waals surface area contributed by atoms with Crippen molar-refractivity contribution in [2.75, 3.05) is 0 Å². The molecule has 1 aliphatic carbocycles. The molecule has 1 fully saturated rings. The van der Waals surface area contributed by atoms with Gasteiger partial charge in [-0.15, -0.1) is 0 Å². The SMILES string of the molecule is C=C(O)CC(c1cccc(O)c1)C1CC1. The summed E-state index contributed by atoms with van der Waals surface area (Å²) in [6.45, 7) is 3.55. The maximum Gasteiger partial charge on any atom is 0.115 e. The van der Waals surface area contributed by atoms with E-state index in [9.17, 15) is 10.2 Å². The van der Waals surface area contributed by atoms with Crippen LogP contribution in [0.3, 0.4) is 0 Å². The first-order valence-electron chi connectivity index (χ1n) is 5.32. The van der Waals surface area contributed by atoms with Crippen LogP contribution in [-0.2, 0) is 0 Å². The first-order chi connectivity index (χ1) is 7.16. The zero-order valence-corrected chi connectivity index (χ0v) is 8.69. The van der Waals surface area contributed by atoms with E-state index in [1.165, 1.54) is 12.8 Å². The number of benzene rings is 1. The van der Waals surface area contributed by atoms with Gasteiger partial charge in [-0.2, -0.15) is 0 Å². The molecule has 80 valence electrons. The minimum atomic E-state index is 0.232. The minimum absolute atomic E-state index is 0.232. The fraction of sp³-hybridized carbons (Fsp3) is 0.385. The molecule has 0 spiro atoms. The Morgan fingerprint density at radius 2 is 2.20 bits per heavy atom. The monoisotopic (exact) mass is 204 g/mol. The number of aliphatic hydroxyl groups excluding tert-OH is 1. The van der Waals surface area contributed by atoms with Crippen molar-refractivity contribution in [3.05, 3.63) is 42.2 Å². The lowest BCUT2D eigenvalue weighted by atomic mass is 9.90. The van der Waals surface area contributed by atoms with Crippen molar-refractivity contribution in [1.82, 2.24) is 0 Å². The summed E-state index contributed by atoms with van der Waals surface area (Å²) in [7, 11) is 0. The van der Waals surface area contributed by atoms with E-state index in [-0.39, 0.29) is 5.76 Å². The van der Waals surface area contributed by atoms with E-state index in [2.05, 4.69) is 6.58 Å².